The van der Waals surface area contributed by atoms with Crippen LogP contribution in [0.1, 0.15) is 49.7 Å². The molecule has 3 aromatic rings. The summed E-state index contributed by atoms with van der Waals surface area (Å²) in [5.41, 5.74) is 2.93. The van der Waals surface area contributed by atoms with Crippen LogP contribution in [0.5, 0.6) is 0 Å². The Morgan fingerprint density at radius 3 is 2.56 bits per heavy atom. The maximum atomic E-state index is 13.4. The smallest absolute Gasteiger partial charge is 0.246 e. The molecule has 0 aliphatic heterocycles. The molecule has 4 heteroatoms. The summed E-state index contributed by atoms with van der Waals surface area (Å²) < 4.78 is 0. The number of anilines is 2. The van der Waals surface area contributed by atoms with Crippen LogP contribution in [0.15, 0.2) is 60.7 Å². The van der Waals surface area contributed by atoms with Gasteiger partial charge in [0.05, 0.1) is 11.6 Å². The van der Waals surface area contributed by atoms with Crippen molar-refractivity contribution in [2.45, 2.75) is 44.6 Å². The van der Waals surface area contributed by atoms with E-state index in [0.717, 1.165) is 41.3 Å². The zero-order valence-corrected chi connectivity index (χ0v) is 18.1. The zero-order chi connectivity index (χ0) is 22.3. The van der Waals surface area contributed by atoms with E-state index in [-0.39, 0.29) is 11.9 Å². The van der Waals surface area contributed by atoms with Crippen molar-refractivity contribution in [3.05, 3.63) is 71.8 Å². The Morgan fingerprint density at radius 2 is 1.81 bits per heavy atom. The lowest BCUT2D eigenvalue weighted by Crippen LogP contribution is -2.37. The summed E-state index contributed by atoms with van der Waals surface area (Å²) >= 11 is 0. The third-order valence-corrected chi connectivity index (χ3v) is 6.28. The first kappa shape index (κ1) is 21.5. The Hall–Kier alpha value is -3.76. The van der Waals surface area contributed by atoms with E-state index in [2.05, 4.69) is 22.6 Å². The first-order chi connectivity index (χ1) is 15.7. The standard InChI is InChI=1S/C28H27N3O/c1-2-20-11-8-12-23(17-20)30-28(32)27(18-21-9-4-3-5-10-21)31-26-16-15-22(19-29)24-13-6-7-14-25(24)26/h1,6-8,11-17,21,27,31H,3-5,9-10,18H2,(H,30,32)/t27-/m0/s1. The molecule has 4 nitrogen and oxygen atoms in total. The zero-order valence-electron chi connectivity index (χ0n) is 18.1. The number of amides is 1. The number of carbonyl (C=O) groups excluding carboxylic acids is 1. The molecular formula is C28H27N3O. The van der Waals surface area contributed by atoms with Gasteiger partial charge in [-0.1, -0.05) is 68.4 Å². The van der Waals surface area contributed by atoms with Crippen LogP contribution in [0.2, 0.25) is 0 Å². The van der Waals surface area contributed by atoms with Crippen molar-refractivity contribution in [2.75, 3.05) is 10.6 Å². The predicted octanol–water partition coefficient (Wildman–Crippen LogP) is 6.08. The number of nitriles is 1. The molecular weight excluding hydrogens is 394 g/mol. The van der Waals surface area contributed by atoms with Crippen LogP contribution in [0.25, 0.3) is 10.8 Å². The van der Waals surface area contributed by atoms with Crippen LogP contribution in [0.4, 0.5) is 11.4 Å². The van der Waals surface area contributed by atoms with Crippen LogP contribution in [-0.2, 0) is 4.79 Å². The van der Waals surface area contributed by atoms with E-state index in [1.807, 2.05) is 60.7 Å². The molecule has 0 heterocycles. The van der Waals surface area contributed by atoms with Crippen LogP contribution in [0, 0.1) is 29.6 Å². The van der Waals surface area contributed by atoms with E-state index in [0.29, 0.717) is 17.2 Å². The minimum absolute atomic E-state index is 0.0711. The first-order valence-corrected chi connectivity index (χ1v) is 11.2. The van der Waals surface area contributed by atoms with Crippen LogP contribution in [-0.4, -0.2) is 11.9 Å². The summed E-state index contributed by atoms with van der Waals surface area (Å²) in [4.78, 5) is 13.4. The fourth-order valence-corrected chi connectivity index (χ4v) is 4.61. The lowest BCUT2D eigenvalue weighted by molar-refractivity contribution is -0.117. The van der Waals surface area contributed by atoms with Gasteiger partial charge in [-0.2, -0.15) is 5.26 Å². The number of terminal acetylenes is 1. The van der Waals surface area contributed by atoms with Crippen molar-refractivity contribution >= 4 is 28.1 Å². The van der Waals surface area contributed by atoms with Gasteiger partial charge in [0.2, 0.25) is 5.91 Å². The largest absolute Gasteiger partial charge is 0.373 e. The molecule has 1 saturated carbocycles. The number of carbonyl (C=O) groups is 1. The molecule has 0 radical (unpaired) electrons. The third kappa shape index (κ3) is 4.93. The van der Waals surface area contributed by atoms with Gasteiger partial charge in [-0.15, -0.1) is 6.42 Å². The van der Waals surface area contributed by atoms with Gasteiger partial charge in [0.25, 0.3) is 0 Å². The Bertz CT molecular complexity index is 1200. The van der Waals surface area contributed by atoms with Crippen molar-refractivity contribution in [3.63, 3.8) is 0 Å². The molecule has 4 rings (SSSR count). The minimum atomic E-state index is -0.385. The van der Waals surface area contributed by atoms with E-state index >= 15 is 0 Å². The van der Waals surface area contributed by atoms with Gasteiger partial charge in [0.1, 0.15) is 6.04 Å². The van der Waals surface area contributed by atoms with Gasteiger partial charge in [-0.3, -0.25) is 4.79 Å². The fraction of sp³-hybridized carbons (Fsp3) is 0.286. The summed E-state index contributed by atoms with van der Waals surface area (Å²) in [5.74, 6) is 3.06. The molecule has 1 amide bonds. The van der Waals surface area contributed by atoms with Gasteiger partial charge in [-0.05, 0) is 42.7 Å². The number of hydrogen-bond donors (Lipinski definition) is 2. The number of hydrogen-bond acceptors (Lipinski definition) is 3. The monoisotopic (exact) mass is 421 g/mol. The number of benzene rings is 3. The Labute approximate surface area is 189 Å². The molecule has 1 fully saturated rings. The summed E-state index contributed by atoms with van der Waals surface area (Å²) in [7, 11) is 0. The van der Waals surface area contributed by atoms with Crippen molar-refractivity contribution in [2.24, 2.45) is 5.92 Å². The van der Waals surface area contributed by atoms with E-state index in [4.69, 9.17) is 6.42 Å². The van der Waals surface area contributed by atoms with Crippen molar-refractivity contribution in [3.8, 4) is 18.4 Å². The van der Waals surface area contributed by atoms with Gasteiger partial charge >= 0.3 is 0 Å². The molecule has 0 spiro atoms. The maximum Gasteiger partial charge on any atom is 0.246 e. The highest BCUT2D eigenvalue weighted by molar-refractivity contribution is 6.01. The molecule has 3 aromatic carbocycles. The van der Waals surface area contributed by atoms with Crippen LogP contribution in [0.3, 0.4) is 0 Å². The molecule has 0 saturated heterocycles. The maximum absolute atomic E-state index is 13.4. The Balaban J connectivity index is 1.62. The van der Waals surface area contributed by atoms with Crippen LogP contribution >= 0.6 is 0 Å². The average molecular weight is 422 g/mol. The van der Waals surface area contributed by atoms with Crippen molar-refractivity contribution in [1.29, 1.82) is 5.26 Å². The quantitative estimate of drug-likeness (QED) is 0.474. The highest BCUT2D eigenvalue weighted by Crippen LogP contribution is 2.31. The summed E-state index contributed by atoms with van der Waals surface area (Å²) in [6, 6.07) is 20.8. The second-order valence-electron chi connectivity index (χ2n) is 8.47. The van der Waals surface area contributed by atoms with Gasteiger partial charge < -0.3 is 10.6 Å². The van der Waals surface area contributed by atoms with Gasteiger partial charge in [0, 0.05) is 27.7 Å². The molecule has 1 aliphatic rings. The summed E-state index contributed by atoms with van der Waals surface area (Å²) in [6.07, 6.45) is 12.3. The highest BCUT2D eigenvalue weighted by atomic mass is 16.2. The SMILES string of the molecule is C#Cc1cccc(NC(=O)[C@H](CC2CCCCC2)Nc2ccc(C#N)c3ccccc23)c1. The molecule has 0 unspecified atom stereocenters. The van der Waals surface area contributed by atoms with Gasteiger partial charge in [-0.25, -0.2) is 0 Å². The lowest BCUT2D eigenvalue weighted by atomic mass is 9.84. The highest BCUT2D eigenvalue weighted by Gasteiger charge is 2.25. The Kier molecular flexibility index (Phi) is 6.73. The van der Waals surface area contributed by atoms with Crippen molar-refractivity contribution < 1.29 is 4.79 Å². The second kappa shape index (κ2) is 10.0. The first-order valence-electron chi connectivity index (χ1n) is 11.2. The van der Waals surface area contributed by atoms with Gasteiger partial charge in [0.15, 0.2) is 0 Å². The lowest BCUT2D eigenvalue weighted by Gasteiger charge is -2.27. The van der Waals surface area contributed by atoms with E-state index < -0.39 is 0 Å². The van der Waals surface area contributed by atoms with Crippen LogP contribution < -0.4 is 10.6 Å². The van der Waals surface area contributed by atoms with E-state index in [1.165, 1.54) is 19.3 Å². The molecule has 0 bridgehead atoms. The predicted molar refractivity (Wildman–Crippen MR) is 130 cm³/mol. The number of fused-ring (bicyclic) bond motifs is 1. The second-order valence-corrected chi connectivity index (χ2v) is 8.47. The molecule has 32 heavy (non-hydrogen) atoms. The molecule has 1 atom stereocenters. The number of rotatable bonds is 6. The minimum Gasteiger partial charge on any atom is -0.373 e. The molecule has 0 aromatic heterocycles. The summed E-state index contributed by atoms with van der Waals surface area (Å²) in [5, 5.41) is 17.9. The van der Waals surface area contributed by atoms with E-state index in [9.17, 15) is 10.1 Å². The van der Waals surface area contributed by atoms with Crippen molar-refractivity contribution in [1.82, 2.24) is 0 Å². The molecule has 1 aliphatic carbocycles. The normalized spacial score (nSPS) is 14.8. The van der Waals surface area contributed by atoms with E-state index in [1.54, 1.807) is 0 Å². The summed E-state index contributed by atoms with van der Waals surface area (Å²) in [6.45, 7) is 0. The number of nitrogens with one attached hydrogen (secondary N) is 2. The molecule has 160 valence electrons. The topological polar surface area (TPSA) is 64.9 Å². The Morgan fingerprint density at radius 1 is 1.03 bits per heavy atom. The average Bonchev–Trinajstić information content (AvgIpc) is 2.84. The number of nitrogens with zero attached hydrogens (tertiary/aromatic N) is 1. The molecule has 2 N–H and O–H groups in total. The fourth-order valence-electron chi connectivity index (χ4n) is 4.61. The third-order valence-electron chi connectivity index (χ3n) is 6.28.